The molecule has 6 nitrogen and oxygen atoms in total. The van der Waals surface area contributed by atoms with Gasteiger partial charge in [0.05, 0.1) is 24.0 Å². The molecule has 0 bridgehead atoms. The van der Waals surface area contributed by atoms with Crippen LogP contribution in [-0.2, 0) is 11.3 Å². The first-order valence-corrected chi connectivity index (χ1v) is 7.47. The van der Waals surface area contributed by atoms with Crippen molar-refractivity contribution in [3.8, 4) is 0 Å². The number of hydrogen-bond donors (Lipinski definition) is 2. The largest absolute Gasteiger partial charge is 0.478 e. The summed E-state index contributed by atoms with van der Waals surface area (Å²) in [6.07, 6.45) is 4.18. The molecule has 2 saturated heterocycles. The van der Waals surface area contributed by atoms with Crippen molar-refractivity contribution in [1.29, 1.82) is 0 Å². The van der Waals surface area contributed by atoms with Crippen LogP contribution < -0.4 is 5.32 Å². The molecule has 2 unspecified atom stereocenters. The van der Waals surface area contributed by atoms with E-state index in [1.165, 1.54) is 25.6 Å². The van der Waals surface area contributed by atoms with Crippen molar-refractivity contribution in [2.45, 2.75) is 31.5 Å². The Morgan fingerprint density at radius 1 is 1.52 bits per heavy atom. The van der Waals surface area contributed by atoms with Crippen molar-refractivity contribution in [1.82, 2.24) is 15.2 Å². The Balaban J connectivity index is 1.42. The SMILES string of the molecule is O=C(O)c1ccc(CNCC2CN3CCCC3CO2)nc1. The molecule has 0 saturated carbocycles. The fraction of sp³-hybridized carbons (Fsp3) is 0.600. The molecule has 21 heavy (non-hydrogen) atoms. The summed E-state index contributed by atoms with van der Waals surface area (Å²) in [5.74, 6) is -0.946. The summed E-state index contributed by atoms with van der Waals surface area (Å²) in [6.45, 7) is 4.47. The number of rotatable bonds is 5. The fourth-order valence-corrected chi connectivity index (χ4v) is 3.03. The normalized spacial score (nSPS) is 25.7. The molecule has 2 aliphatic rings. The molecule has 3 rings (SSSR count). The molecular formula is C15H21N3O3. The quantitative estimate of drug-likeness (QED) is 0.833. The van der Waals surface area contributed by atoms with E-state index >= 15 is 0 Å². The molecule has 6 heteroatoms. The van der Waals surface area contributed by atoms with Crippen molar-refractivity contribution in [3.63, 3.8) is 0 Å². The Labute approximate surface area is 124 Å². The Hall–Kier alpha value is -1.50. The van der Waals surface area contributed by atoms with Crippen LogP contribution >= 0.6 is 0 Å². The van der Waals surface area contributed by atoms with Gasteiger partial charge in [0.15, 0.2) is 0 Å². The number of ether oxygens (including phenoxy) is 1. The van der Waals surface area contributed by atoms with E-state index in [1.807, 2.05) is 0 Å². The molecule has 0 amide bonds. The van der Waals surface area contributed by atoms with Gasteiger partial charge in [-0.1, -0.05) is 0 Å². The van der Waals surface area contributed by atoms with Crippen LogP contribution in [0, 0.1) is 0 Å². The lowest BCUT2D eigenvalue weighted by molar-refractivity contribution is -0.0470. The number of carbonyl (C=O) groups is 1. The zero-order valence-corrected chi connectivity index (χ0v) is 12.0. The number of carboxylic acids is 1. The summed E-state index contributed by atoms with van der Waals surface area (Å²) in [7, 11) is 0. The van der Waals surface area contributed by atoms with E-state index in [0.717, 1.165) is 25.4 Å². The number of hydrogen-bond acceptors (Lipinski definition) is 5. The molecule has 2 atom stereocenters. The number of pyridine rings is 1. The van der Waals surface area contributed by atoms with Gasteiger partial charge in [0, 0.05) is 31.9 Å². The second-order valence-electron chi connectivity index (χ2n) is 5.72. The van der Waals surface area contributed by atoms with Crippen LogP contribution in [-0.4, -0.2) is 59.3 Å². The molecule has 0 aliphatic carbocycles. The van der Waals surface area contributed by atoms with Crippen molar-refractivity contribution < 1.29 is 14.6 Å². The predicted octanol–water partition coefficient (Wildman–Crippen LogP) is 0.733. The number of carboxylic acid groups (broad SMARTS) is 1. The molecule has 0 spiro atoms. The van der Waals surface area contributed by atoms with Crippen molar-refractivity contribution >= 4 is 5.97 Å². The highest BCUT2D eigenvalue weighted by Gasteiger charge is 2.31. The van der Waals surface area contributed by atoms with Gasteiger partial charge in [0.25, 0.3) is 0 Å². The van der Waals surface area contributed by atoms with Crippen molar-refractivity contribution in [2.24, 2.45) is 0 Å². The van der Waals surface area contributed by atoms with E-state index in [1.54, 1.807) is 12.1 Å². The first kappa shape index (κ1) is 14.4. The molecule has 0 aromatic carbocycles. The summed E-state index contributed by atoms with van der Waals surface area (Å²) in [4.78, 5) is 17.4. The van der Waals surface area contributed by atoms with E-state index in [0.29, 0.717) is 12.6 Å². The van der Waals surface area contributed by atoms with Gasteiger partial charge in [-0.3, -0.25) is 9.88 Å². The van der Waals surface area contributed by atoms with E-state index in [2.05, 4.69) is 15.2 Å². The summed E-state index contributed by atoms with van der Waals surface area (Å²) >= 11 is 0. The molecule has 1 aromatic heterocycles. The Bertz CT molecular complexity index is 491. The maximum absolute atomic E-state index is 10.7. The lowest BCUT2D eigenvalue weighted by Crippen LogP contribution is -2.49. The van der Waals surface area contributed by atoms with Gasteiger partial charge >= 0.3 is 5.97 Å². The topological polar surface area (TPSA) is 74.7 Å². The lowest BCUT2D eigenvalue weighted by atomic mass is 10.2. The van der Waals surface area contributed by atoms with Crippen LogP contribution in [0.1, 0.15) is 28.9 Å². The van der Waals surface area contributed by atoms with E-state index in [4.69, 9.17) is 9.84 Å². The Morgan fingerprint density at radius 2 is 2.43 bits per heavy atom. The number of aromatic nitrogens is 1. The zero-order valence-electron chi connectivity index (χ0n) is 12.0. The fourth-order valence-electron chi connectivity index (χ4n) is 3.03. The van der Waals surface area contributed by atoms with Gasteiger partial charge in [-0.25, -0.2) is 4.79 Å². The van der Waals surface area contributed by atoms with Gasteiger partial charge < -0.3 is 15.2 Å². The summed E-state index contributed by atoms with van der Waals surface area (Å²) in [6, 6.07) is 3.96. The molecule has 2 fully saturated rings. The zero-order chi connectivity index (χ0) is 14.7. The third kappa shape index (κ3) is 3.58. The second-order valence-corrected chi connectivity index (χ2v) is 5.72. The second kappa shape index (κ2) is 6.51. The third-order valence-electron chi connectivity index (χ3n) is 4.21. The van der Waals surface area contributed by atoms with Gasteiger partial charge in [-0.05, 0) is 31.5 Å². The molecule has 114 valence electrons. The minimum atomic E-state index is -0.946. The average Bonchev–Trinajstić information content (AvgIpc) is 2.95. The smallest absolute Gasteiger partial charge is 0.337 e. The number of fused-ring (bicyclic) bond motifs is 1. The minimum absolute atomic E-state index is 0.217. The standard InChI is InChI=1S/C15H21N3O3/c19-15(20)11-3-4-12(17-6-11)7-16-8-14-9-18-5-1-2-13(18)10-21-14/h3-4,6,13-14,16H,1-2,5,7-10H2,(H,19,20). The lowest BCUT2D eigenvalue weighted by Gasteiger charge is -2.35. The van der Waals surface area contributed by atoms with Gasteiger partial charge in [0.2, 0.25) is 0 Å². The van der Waals surface area contributed by atoms with Crippen LogP contribution in [0.15, 0.2) is 18.3 Å². The van der Waals surface area contributed by atoms with E-state index in [9.17, 15) is 4.79 Å². The van der Waals surface area contributed by atoms with Gasteiger partial charge in [0.1, 0.15) is 0 Å². The maximum Gasteiger partial charge on any atom is 0.337 e. The summed E-state index contributed by atoms with van der Waals surface area (Å²) in [5.41, 5.74) is 1.06. The molecule has 1 aromatic rings. The van der Waals surface area contributed by atoms with Gasteiger partial charge in [-0.15, -0.1) is 0 Å². The van der Waals surface area contributed by atoms with E-state index in [-0.39, 0.29) is 11.7 Å². The highest BCUT2D eigenvalue weighted by atomic mass is 16.5. The van der Waals surface area contributed by atoms with Crippen LogP contribution in [0.25, 0.3) is 0 Å². The molecule has 0 radical (unpaired) electrons. The summed E-state index contributed by atoms with van der Waals surface area (Å²) in [5, 5.41) is 12.2. The van der Waals surface area contributed by atoms with Gasteiger partial charge in [-0.2, -0.15) is 0 Å². The maximum atomic E-state index is 10.7. The third-order valence-corrected chi connectivity index (χ3v) is 4.21. The van der Waals surface area contributed by atoms with Crippen LogP contribution in [0.3, 0.4) is 0 Å². The molecule has 2 aliphatic heterocycles. The first-order chi connectivity index (χ1) is 10.2. The Kier molecular flexibility index (Phi) is 4.48. The van der Waals surface area contributed by atoms with Crippen molar-refractivity contribution in [2.75, 3.05) is 26.2 Å². The number of aromatic carboxylic acids is 1. The van der Waals surface area contributed by atoms with E-state index < -0.39 is 5.97 Å². The number of nitrogens with zero attached hydrogens (tertiary/aromatic N) is 2. The summed E-state index contributed by atoms with van der Waals surface area (Å²) < 4.78 is 5.88. The van der Waals surface area contributed by atoms with Crippen LogP contribution in [0.2, 0.25) is 0 Å². The average molecular weight is 291 g/mol. The highest BCUT2D eigenvalue weighted by molar-refractivity contribution is 5.87. The molecule has 2 N–H and O–H groups in total. The highest BCUT2D eigenvalue weighted by Crippen LogP contribution is 2.22. The number of nitrogens with one attached hydrogen (secondary N) is 1. The monoisotopic (exact) mass is 291 g/mol. The minimum Gasteiger partial charge on any atom is -0.478 e. The van der Waals surface area contributed by atoms with Crippen LogP contribution in [0.4, 0.5) is 0 Å². The molecular weight excluding hydrogens is 270 g/mol. The van der Waals surface area contributed by atoms with Crippen LogP contribution in [0.5, 0.6) is 0 Å². The number of morpholine rings is 1. The predicted molar refractivity (Wildman–Crippen MR) is 77.2 cm³/mol. The molecule has 3 heterocycles. The van der Waals surface area contributed by atoms with Crippen molar-refractivity contribution in [3.05, 3.63) is 29.6 Å². The first-order valence-electron chi connectivity index (χ1n) is 7.47. The Morgan fingerprint density at radius 3 is 3.19 bits per heavy atom.